The number of rotatable bonds is 4. The van der Waals surface area contributed by atoms with Gasteiger partial charge in [-0.05, 0) is 41.5 Å². The number of amides is 2. The largest absolute Gasteiger partial charge is 0.444 e. The summed E-state index contributed by atoms with van der Waals surface area (Å²) in [6.07, 6.45) is -1.45. The Labute approximate surface area is 135 Å². The van der Waals surface area contributed by atoms with Crippen molar-refractivity contribution in [1.29, 1.82) is 0 Å². The van der Waals surface area contributed by atoms with E-state index < -0.39 is 29.4 Å². The van der Waals surface area contributed by atoms with Crippen molar-refractivity contribution in [2.24, 2.45) is 5.16 Å². The maximum absolute atomic E-state index is 11.7. The molecule has 0 aromatic heterocycles. The third kappa shape index (κ3) is 10.1. The molecule has 0 bridgehead atoms. The molecule has 0 saturated heterocycles. The van der Waals surface area contributed by atoms with Gasteiger partial charge >= 0.3 is 12.2 Å². The molecule has 0 aromatic carbocycles. The van der Waals surface area contributed by atoms with E-state index in [1.54, 1.807) is 41.5 Å². The van der Waals surface area contributed by atoms with E-state index in [4.69, 9.17) is 26.3 Å². The molecule has 1 atom stereocenters. The molecule has 0 rings (SSSR count). The van der Waals surface area contributed by atoms with Crippen molar-refractivity contribution in [1.82, 2.24) is 10.6 Å². The Bertz CT molecular complexity index is 426. The molecular weight excluding hydrogens is 314 g/mol. The maximum Gasteiger partial charge on any atom is 0.408 e. The minimum atomic E-state index is -0.950. The molecule has 0 saturated carbocycles. The van der Waals surface area contributed by atoms with Crippen LogP contribution in [0.3, 0.4) is 0 Å². The minimum Gasteiger partial charge on any atom is -0.444 e. The number of ether oxygens (including phenoxy) is 2. The van der Waals surface area contributed by atoms with Crippen molar-refractivity contribution in [3.05, 3.63) is 0 Å². The summed E-state index contributed by atoms with van der Waals surface area (Å²) in [6, 6.07) is -0.950. The molecule has 9 heteroatoms. The second-order valence-corrected chi connectivity index (χ2v) is 6.89. The summed E-state index contributed by atoms with van der Waals surface area (Å²) in [5.41, 5.74) is -1.36. The molecule has 0 radical (unpaired) electrons. The average Bonchev–Trinajstić information content (AvgIpc) is 2.28. The van der Waals surface area contributed by atoms with Crippen molar-refractivity contribution < 1.29 is 24.3 Å². The Hall–Kier alpha value is -1.70. The van der Waals surface area contributed by atoms with Crippen LogP contribution in [0.2, 0.25) is 0 Å². The zero-order valence-corrected chi connectivity index (χ0v) is 14.4. The zero-order chi connectivity index (χ0) is 17.6. The van der Waals surface area contributed by atoms with Crippen molar-refractivity contribution in [3.8, 4) is 0 Å². The third-order valence-electron chi connectivity index (χ3n) is 1.92. The first-order valence-electron chi connectivity index (χ1n) is 6.68. The van der Waals surface area contributed by atoms with E-state index in [0.29, 0.717) is 0 Å². The number of carbonyl (C=O) groups excluding carboxylic acids is 2. The molecule has 3 N–H and O–H groups in total. The maximum atomic E-state index is 11.7. The van der Waals surface area contributed by atoms with Crippen LogP contribution in [0.25, 0.3) is 0 Å². The van der Waals surface area contributed by atoms with E-state index in [1.807, 2.05) is 0 Å². The van der Waals surface area contributed by atoms with Gasteiger partial charge in [0.1, 0.15) is 17.2 Å². The lowest BCUT2D eigenvalue weighted by Gasteiger charge is -2.24. The molecule has 2 amide bonds. The predicted molar refractivity (Wildman–Crippen MR) is 82.5 cm³/mol. The normalized spacial score (nSPS) is 14.0. The molecule has 0 aromatic rings. The van der Waals surface area contributed by atoms with Gasteiger partial charge in [-0.2, -0.15) is 0 Å². The number of carbonyl (C=O) groups is 2. The molecule has 22 heavy (non-hydrogen) atoms. The Morgan fingerprint density at radius 1 is 1.09 bits per heavy atom. The van der Waals surface area contributed by atoms with Crippen LogP contribution in [0.4, 0.5) is 9.59 Å². The first kappa shape index (κ1) is 20.3. The van der Waals surface area contributed by atoms with E-state index in [2.05, 4.69) is 15.8 Å². The van der Waals surface area contributed by atoms with Crippen molar-refractivity contribution in [3.63, 3.8) is 0 Å². The summed E-state index contributed by atoms with van der Waals surface area (Å²) in [5.74, 6) is 0. The molecule has 0 spiro atoms. The number of nitrogens with one attached hydrogen (secondary N) is 2. The van der Waals surface area contributed by atoms with Crippen LogP contribution in [0.15, 0.2) is 5.16 Å². The summed E-state index contributed by atoms with van der Waals surface area (Å²) in [7, 11) is 0. The van der Waals surface area contributed by atoms with Crippen molar-refractivity contribution >= 4 is 29.0 Å². The van der Waals surface area contributed by atoms with Gasteiger partial charge < -0.3 is 25.3 Å². The van der Waals surface area contributed by atoms with Gasteiger partial charge in [-0.15, -0.1) is 0 Å². The monoisotopic (exact) mass is 337 g/mol. The summed E-state index contributed by atoms with van der Waals surface area (Å²) in [4.78, 5) is 23.3. The second kappa shape index (κ2) is 8.07. The van der Waals surface area contributed by atoms with Crippen LogP contribution in [0.1, 0.15) is 41.5 Å². The highest BCUT2D eigenvalue weighted by Crippen LogP contribution is 2.08. The molecule has 0 aliphatic heterocycles. The highest BCUT2D eigenvalue weighted by Gasteiger charge is 2.24. The van der Waals surface area contributed by atoms with Gasteiger partial charge in [-0.25, -0.2) is 9.59 Å². The molecule has 0 heterocycles. The summed E-state index contributed by atoms with van der Waals surface area (Å²) < 4.78 is 10.1. The lowest BCUT2D eigenvalue weighted by atomic mass is 10.2. The number of halogens is 1. The summed E-state index contributed by atoms with van der Waals surface area (Å²) in [6.45, 7) is 10.1. The quantitative estimate of drug-likeness (QED) is 0.414. The van der Waals surface area contributed by atoms with Gasteiger partial charge in [0.2, 0.25) is 0 Å². The van der Waals surface area contributed by atoms with Gasteiger partial charge in [0.05, 0.1) is 0 Å². The second-order valence-electron chi connectivity index (χ2n) is 6.50. The van der Waals surface area contributed by atoms with Crippen molar-refractivity contribution in [2.45, 2.75) is 58.8 Å². The fourth-order valence-electron chi connectivity index (χ4n) is 1.21. The van der Waals surface area contributed by atoms with Gasteiger partial charge in [0.15, 0.2) is 5.17 Å². The minimum absolute atomic E-state index is 0.128. The summed E-state index contributed by atoms with van der Waals surface area (Å²) >= 11 is 5.70. The molecule has 128 valence electrons. The number of nitrogens with zero attached hydrogens (tertiary/aromatic N) is 1. The van der Waals surface area contributed by atoms with Crippen LogP contribution in [-0.4, -0.2) is 46.4 Å². The van der Waals surface area contributed by atoms with Crippen LogP contribution < -0.4 is 10.6 Å². The molecular formula is C13H24ClN3O5. The molecule has 8 nitrogen and oxygen atoms in total. The molecule has 0 aliphatic rings. The highest BCUT2D eigenvalue weighted by molar-refractivity contribution is 6.66. The standard InChI is InChI=1S/C13H24ClN3O5/c1-12(2,3)21-10(18)15-7-8(9(14)17-20)16-11(19)22-13(4,5)6/h8,20H,7H2,1-6H3,(H,15,18)(H,16,19)/b17-9+. The van der Waals surface area contributed by atoms with Gasteiger partial charge in [-0.3, -0.25) is 0 Å². The van der Waals surface area contributed by atoms with E-state index in [1.165, 1.54) is 0 Å². The van der Waals surface area contributed by atoms with E-state index >= 15 is 0 Å². The SMILES string of the molecule is CC(C)(C)OC(=O)NCC(NC(=O)OC(C)(C)C)/C(Cl)=N\O. The number of oxime groups is 1. The van der Waals surface area contributed by atoms with Crippen LogP contribution in [0, 0.1) is 0 Å². The lowest BCUT2D eigenvalue weighted by Crippen LogP contribution is -2.49. The predicted octanol–water partition coefficient (Wildman–Crippen LogP) is 2.43. The Kier molecular flexibility index (Phi) is 7.45. The van der Waals surface area contributed by atoms with E-state index in [-0.39, 0.29) is 11.7 Å². The third-order valence-corrected chi connectivity index (χ3v) is 2.26. The van der Waals surface area contributed by atoms with Crippen LogP contribution in [0.5, 0.6) is 0 Å². The van der Waals surface area contributed by atoms with Gasteiger partial charge in [-0.1, -0.05) is 16.8 Å². The van der Waals surface area contributed by atoms with E-state index in [9.17, 15) is 9.59 Å². The zero-order valence-electron chi connectivity index (χ0n) is 13.7. The lowest BCUT2D eigenvalue weighted by molar-refractivity contribution is 0.0478. The molecule has 1 unspecified atom stereocenters. The van der Waals surface area contributed by atoms with Crippen molar-refractivity contribution in [2.75, 3.05) is 6.54 Å². The Morgan fingerprint density at radius 3 is 1.95 bits per heavy atom. The summed E-state index contributed by atoms with van der Waals surface area (Å²) in [5, 5.41) is 16.0. The number of hydrogen-bond acceptors (Lipinski definition) is 6. The number of hydrogen-bond donors (Lipinski definition) is 3. The highest BCUT2D eigenvalue weighted by atomic mass is 35.5. The Morgan fingerprint density at radius 2 is 1.55 bits per heavy atom. The smallest absolute Gasteiger partial charge is 0.408 e. The average molecular weight is 338 g/mol. The van der Waals surface area contributed by atoms with E-state index in [0.717, 1.165) is 0 Å². The first-order chi connectivity index (χ1) is 9.84. The van der Waals surface area contributed by atoms with Gasteiger partial charge in [0.25, 0.3) is 0 Å². The first-order valence-corrected chi connectivity index (χ1v) is 7.05. The molecule has 0 aliphatic carbocycles. The molecule has 0 fully saturated rings. The topological polar surface area (TPSA) is 109 Å². The number of alkyl carbamates (subject to hydrolysis) is 2. The van der Waals surface area contributed by atoms with Crippen LogP contribution in [-0.2, 0) is 9.47 Å². The van der Waals surface area contributed by atoms with Gasteiger partial charge in [0, 0.05) is 6.54 Å². The Balaban J connectivity index is 4.61. The van der Waals surface area contributed by atoms with Crippen LogP contribution >= 0.6 is 11.6 Å². The fraction of sp³-hybridized carbons (Fsp3) is 0.769. The fourth-order valence-corrected chi connectivity index (χ4v) is 1.35.